The van der Waals surface area contributed by atoms with E-state index in [1.807, 2.05) is 37.3 Å². The molecule has 0 unspecified atom stereocenters. The van der Waals surface area contributed by atoms with Crippen LogP contribution in [-0.2, 0) is 6.18 Å². The van der Waals surface area contributed by atoms with Crippen LogP contribution in [0.1, 0.15) is 36.7 Å². The van der Waals surface area contributed by atoms with E-state index >= 15 is 0 Å². The van der Waals surface area contributed by atoms with Crippen molar-refractivity contribution < 1.29 is 18.0 Å². The summed E-state index contributed by atoms with van der Waals surface area (Å²) in [7, 11) is 0. The van der Waals surface area contributed by atoms with Gasteiger partial charge < -0.3 is 10.2 Å². The molecule has 1 N–H and O–H groups in total. The number of nitrogens with zero attached hydrogens (tertiary/aromatic N) is 1. The van der Waals surface area contributed by atoms with Crippen molar-refractivity contribution in [3.63, 3.8) is 0 Å². The summed E-state index contributed by atoms with van der Waals surface area (Å²) in [5.74, 6) is 0.343. The molecule has 1 amide bonds. The first kappa shape index (κ1) is 22.3. The van der Waals surface area contributed by atoms with Gasteiger partial charge in [0.25, 0.3) is 5.91 Å². The van der Waals surface area contributed by atoms with Crippen molar-refractivity contribution in [2.45, 2.75) is 39.0 Å². The first-order valence-corrected chi connectivity index (χ1v) is 10.9. The smallest absolute Gasteiger partial charge is 0.349 e. The number of alkyl halides is 3. The second kappa shape index (κ2) is 8.58. The van der Waals surface area contributed by atoms with Crippen molar-refractivity contribution in [3.8, 4) is 11.1 Å². The van der Waals surface area contributed by atoms with Crippen LogP contribution in [0.4, 0.5) is 13.2 Å². The third-order valence-corrected chi connectivity index (χ3v) is 6.40. The highest BCUT2D eigenvalue weighted by molar-refractivity contribution is 6.02. The van der Waals surface area contributed by atoms with Gasteiger partial charge in [-0.05, 0) is 66.9 Å². The molecule has 0 radical (unpaired) electrons. The average molecular weight is 441 g/mol. The number of carbonyl (C=O) groups is 1. The topological polar surface area (TPSA) is 32.3 Å². The Morgan fingerprint density at radius 1 is 1.00 bits per heavy atom. The number of benzene rings is 3. The Morgan fingerprint density at radius 3 is 2.31 bits per heavy atom. The fourth-order valence-corrected chi connectivity index (χ4v) is 4.21. The van der Waals surface area contributed by atoms with Gasteiger partial charge in [0.15, 0.2) is 0 Å². The zero-order valence-corrected chi connectivity index (χ0v) is 18.4. The number of nitrogens with one attached hydrogen (secondary N) is 1. The zero-order chi connectivity index (χ0) is 23.0. The Kier molecular flexibility index (Phi) is 5.99. The van der Waals surface area contributed by atoms with Crippen molar-refractivity contribution in [2.24, 2.45) is 5.92 Å². The van der Waals surface area contributed by atoms with E-state index in [0.717, 1.165) is 41.6 Å². The van der Waals surface area contributed by atoms with Crippen LogP contribution < -0.4 is 5.32 Å². The number of carbonyl (C=O) groups excluding carboxylic acids is 1. The van der Waals surface area contributed by atoms with Crippen molar-refractivity contribution in [2.75, 3.05) is 13.1 Å². The second-order valence-corrected chi connectivity index (χ2v) is 8.89. The third kappa shape index (κ3) is 4.51. The Bertz CT molecular complexity index is 1120. The monoisotopic (exact) mass is 440 g/mol. The molecular weight excluding hydrogens is 413 g/mol. The molecule has 1 heterocycles. The second-order valence-electron chi connectivity index (χ2n) is 8.89. The minimum Gasteiger partial charge on any atom is -0.349 e. The summed E-state index contributed by atoms with van der Waals surface area (Å²) in [5.41, 5.74) is 1.44. The molecule has 1 atom stereocenters. The maximum Gasteiger partial charge on any atom is 0.416 e. The quantitative estimate of drug-likeness (QED) is 0.529. The molecule has 1 saturated heterocycles. The van der Waals surface area contributed by atoms with Gasteiger partial charge in [0, 0.05) is 36.7 Å². The maximum atomic E-state index is 12.9. The van der Waals surface area contributed by atoms with Gasteiger partial charge in [-0.15, -0.1) is 0 Å². The highest BCUT2D eigenvalue weighted by atomic mass is 19.4. The van der Waals surface area contributed by atoms with E-state index in [1.165, 1.54) is 12.1 Å². The maximum absolute atomic E-state index is 12.9. The number of likely N-dealkylation sites (tertiary alicyclic amines) is 1. The first-order valence-electron chi connectivity index (χ1n) is 10.9. The molecule has 1 fully saturated rings. The molecule has 32 heavy (non-hydrogen) atoms. The van der Waals surface area contributed by atoms with Crippen molar-refractivity contribution in [1.82, 2.24) is 10.2 Å². The van der Waals surface area contributed by atoms with Crippen molar-refractivity contribution in [3.05, 3.63) is 71.8 Å². The largest absolute Gasteiger partial charge is 0.416 e. The normalized spacial score (nSPS) is 16.2. The van der Waals surface area contributed by atoms with Gasteiger partial charge in [0.1, 0.15) is 0 Å². The van der Waals surface area contributed by atoms with Gasteiger partial charge in [-0.3, -0.25) is 4.79 Å². The Balaban J connectivity index is 1.52. The SMILES string of the molecule is CC(C)N1CC([C@H](C)NC(=O)c2ccc3c(-c4ccc(C(F)(F)F)cc4)cccc3c2)C1. The van der Waals surface area contributed by atoms with E-state index in [4.69, 9.17) is 0 Å². The van der Waals surface area contributed by atoms with Gasteiger partial charge in [0.05, 0.1) is 5.56 Å². The van der Waals surface area contributed by atoms with Crippen LogP contribution in [0.2, 0.25) is 0 Å². The van der Waals surface area contributed by atoms with Gasteiger partial charge in [-0.1, -0.05) is 36.4 Å². The van der Waals surface area contributed by atoms with Crippen molar-refractivity contribution >= 4 is 16.7 Å². The van der Waals surface area contributed by atoms with Gasteiger partial charge in [-0.25, -0.2) is 0 Å². The number of hydrogen-bond acceptors (Lipinski definition) is 2. The summed E-state index contributed by atoms with van der Waals surface area (Å²) in [6.07, 6.45) is -4.36. The lowest BCUT2D eigenvalue weighted by Crippen LogP contribution is -2.57. The van der Waals surface area contributed by atoms with E-state index in [9.17, 15) is 18.0 Å². The van der Waals surface area contributed by atoms with E-state index < -0.39 is 11.7 Å². The van der Waals surface area contributed by atoms with E-state index in [2.05, 4.69) is 24.1 Å². The molecule has 0 aromatic heterocycles. The molecule has 4 rings (SSSR count). The van der Waals surface area contributed by atoms with Crippen LogP contribution in [0.15, 0.2) is 60.7 Å². The molecule has 3 nitrogen and oxygen atoms in total. The lowest BCUT2D eigenvalue weighted by molar-refractivity contribution is -0.137. The van der Waals surface area contributed by atoms with Crippen LogP contribution in [0.3, 0.4) is 0 Å². The van der Waals surface area contributed by atoms with E-state index in [-0.39, 0.29) is 11.9 Å². The molecule has 6 heteroatoms. The lowest BCUT2D eigenvalue weighted by Gasteiger charge is -2.45. The number of hydrogen-bond donors (Lipinski definition) is 1. The number of fused-ring (bicyclic) bond motifs is 1. The number of rotatable bonds is 5. The predicted octanol–water partition coefficient (Wildman–Crippen LogP) is 5.98. The molecule has 3 aromatic carbocycles. The zero-order valence-electron chi connectivity index (χ0n) is 18.4. The molecule has 0 bridgehead atoms. The summed E-state index contributed by atoms with van der Waals surface area (Å²) < 4.78 is 38.6. The fraction of sp³-hybridized carbons (Fsp3) is 0.346. The highest BCUT2D eigenvalue weighted by Crippen LogP contribution is 2.33. The van der Waals surface area contributed by atoms with E-state index in [1.54, 1.807) is 6.07 Å². The molecule has 3 aromatic rings. The Labute approximate surface area is 186 Å². The summed E-state index contributed by atoms with van der Waals surface area (Å²) in [5, 5.41) is 4.88. The van der Waals surface area contributed by atoms with Gasteiger partial charge in [0.2, 0.25) is 0 Å². The third-order valence-electron chi connectivity index (χ3n) is 6.40. The van der Waals surface area contributed by atoms with Crippen LogP contribution in [0.5, 0.6) is 0 Å². The standard InChI is InChI=1S/C26H27F3N2O/c1-16(2)31-14-21(15-31)17(3)30-25(32)20-9-12-24-19(13-20)5-4-6-23(24)18-7-10-22(11-8-18)26(27,28)29/h4-13,16-17,21H,14-15H2,1-3H3,(H,30,32)/t17-/m0/s1. The first-order chi connectivity index (χ1) is 15.1. The predicted molar refractivity (Wildman–Crippen MR) is 122 cm³/mol. The highest BCUT2D eigenvalue weighted by Gasteiger charge is 2.33. The Hall–Kier alpha value is -2.86. The molecule has 1 aliphatic rings. The number of halogens is 3. The van der Waals surface area contributed by atoms with Crippen LogP contribution in [0, 0.1) is 5.92 Å². The van der Waals surface area contributed by atoms with Crippen LogP contribution >= 0.6 is 0 Å². The summed E-state index contributed by atoms with van der Waals surface area (Å²) >= 11 is 0. The average Bonchev–Trinajstić information content (AvgIpc) is 2.71. The fourth-order valence-electron chi connectivity index (χ4n) is 4.21. The molecule has 168 valence electrons. The summed E-state index contributed by atoms with van der Waals surface area (Å²) in [6.45, 7) is 8.38. The molecule has 0 spiro atoms. The van der Waals surface area contributed by atoms with Crippen LogP contribution in [0.25, 0.3) is 21.9 Å². The Morgan fingerprint density at radius 2 is 1.69 bits per heavy atom. The summed E-state index contributed by atoms with van der Waals surface area (Å²) in [4.78, 5) is 15.2. The lowest BCUT2D eigenvalue weighted by atomic mass is 9.91. The molecule has 1 aliphatic heterocycles. The van der Waals surface area contributed by atoms with E-state index in [0.29, 0.717) is 23.1 Å². The van der Waals surface area contributed by atoms with Gasteiger partial charge in [-0.2, -0.15) is 13.2 Å². The van der Waals surface area contributed by atoms with Gasteiger partial charge >= 0.3 is 6.18 Å². The minimum atomic E-state index is -4.36. The van der Waals surface area contributed by atoms with Crippen molar-refractivity contribution in [1.29, 1.82) is 0 Å². The number of amides is 1. The minimum absolute atomic E-state index is 0.0895. The molecule has 0 saturated carbocycles. The van der Waals surface area contributed by atoms with Crippen LogP contribution in [-0.4, -0.2) is 36.0 Å². The summed E-state index contributed by atoms with van der Waals surface area (Å²) in [6, 6.07) is 16.9. The molecular formula is C26H27F3N2O. The molecule has 0 aliphatic carbocycles.